The third-order valence-corrected chi connectivity index (χ3v) is 5.03. The van der Waals surface area contributed by atoms with Crippen molar-refractivity contribution in [3.63, 3.8) is 0 Å². The number of amides is 4. The molecular weight excluding hydrogens is 344 g/mol. The second-order valence-corrected chi connectivity index (χ2v) is 6.83. The number of fused-ring (bicyclic) bond motifs is 3. The number of aromatic amines is 1. The topological polar surface area (TPSA) is 94.3 Å². The molecule has 1 aromatic carbocycles. The first-order chi connectivity index (χ1) is 12.0. The number of carbonyl (C=O) groups excluding carboxylic acids is 3. The van der Waals surface area contributed by atoms with Gasteiger partial charge < -0.3 is 15.2 Å². The molecule has 0 bridgehead atoms. The number of nitrogens with one attached hydrogen (secondary N) is 3. The van der Waals surface area contributed by atoms with Crippen LogP contribution in [-0.2, 0) is 22.6 Å². The summed E-state index contributed by atoms with van der Waals surface area (Å²) in [4.78, 5) is 40.4. The Kier molecular flexibility index (Phi) is 3.88. The standard InChI is InChI=1S/C17H17ClN4O3/c18-9-1-2-12-10(7-9)11-8-22(6-5-13(11)19-12)15(23)4-3-14-16(24)21-17(25)20-14/h1-2,7,14,19H,3-6,8H2,(H2,20,21,24,25)/t14-/m0/s1. The van der Waals surface area contributed by atoms with E-state index in [0.29, 0.717) is 24.5 Å². The summed E-state index contributed by atoms with van der Waals surface area (Å²) in [6.07, 6.45) is 1.28. The Hall–Kier alpha value is -2.54. The van der Waals surface area contributed by atoms with Crippen LogP contribution in [0.15, 0.2) is 18.2 Å². The van der Waals surface area contributed by atoms with Crippen molar-refractivity contribution in [1.29, 1.82) is 0 Å². The van der Waals surface area contributed by atoms with Gasteiger partial charge in [-0.1, -0.05) is 11.6 Å². The van der Waals surface area contributed by atoms with Gasteiger partial charge in [-0.25, -0.2) is 4.79 Å². The van der Waals surface area contributed by atoms with Crippen molar-refractivity contribution >= 4 is 40.3 Å². The van der Waals surface area contributed by atoms with E-state index in [1.165, 1.54) is 0 Å². The van der Waals surface area contributed by atoms with Gasteiger partial charge in [-0.15, -0.1) is 0 Å². The number of imide groups is 1. The number of H-pyrrole nitrogens is 1. The average Bonchev–Trinajstić information content (AvgIpc) is 3.11. The monoisotopic (exact) mass is 360 g/mol. The van der Waals surface area contributed by atoms with Gasteiger partial charge in [0.2, 0.25) is 5.91 Å². The van der Waals surface area contributed by atoms with Gasteiger partial charge in [0, 0.05) is 53.1 Å². The van der Waals surface area contributed by atoms with Crippen LogP contribution in [0, 0.1) is 0 Å². The summed E-state index contributed by atoms with van der Waals surface area (Å²) in [6, 6.07) is 4.59. The van der Waals surface area contributed by atoms with E-state index in [4.69, 9.17) is 11.6 Å². The number of halogens is 1. The third-order valence-electron chi connectivity index (χ3n) is 4.80. The van der Waals surface area contributed by atoms with Crippen molar-refractivity contribution in [3.8, 4) is 0 Å². The number of aromatic nitrogens is 1. The minimum atomic E-state index is -0.622. The molecule has 1 atom stereocenters. The maximum atomic E-state index is 12.5. The Balaban J connectivity index is 1.45. The molecule has 4 amide bonds. The summed E-state index contributed by atoms with van der Waals surface area (Å²) in [7, 11) is 0. The quantitative estimate of drug-likeness (QED) is 0.727. The van der Waals surface area contributed by atoms with Gasteiger partial charge in [-0.2, -0.15) is 0 Å². The van der Waals surface area contributed by atoms with Crippen LogP contribution >= 0.6 is 11.6 Å². The van der Waals surface area contributed by atoms with Crippen LogP contribution in [-0.4, -0.2) is 40.3 Å². The first-order valence-corrected chi connectivity index (χ1v) is 8.57. The molecule has 8 heteroatoms. The van der Waals surface area contributed by atoms with Crippen LogP contribution in [0.3, 0.4) is 0 Å². The van der Waals surface area contributed by atoms with E-state index >= 15 is 0 Å². The predicted molar refractivity (Wildman–Crippen MR) is 92.1 cm³/mol. The predicted octanol–water partition coefficient (Wildman–Crippen LogP) is 1.69. The zero-order chi connectivity index (χ0) is 17.6. The van der Waals surface area contributed by atoms with Crippen LogP contribution in [0.4, 0.5) is 4.79 Å². The van der Waals surface area contributed by atoms with Crippen molar-refractivity contribution in [2.45, 2.75) is 31.8 Å². The highest BCUT2D eigenvalue weighted by Crippen LogP contribution is 2.30. The first kappa shape index (κ1) is 16.0. The molecule has 2 aliphatic heterocycles. The van der Waals surface area contributed by atoms with E-state index in [2.05, 4.69) is 15.6 Å². The van der Waals surface area contributed by atoms with Gasteiger partial charge in [0.25, 0.3) is 5.91 Å². The molecule has 0 saturated carbocycles. The summed E-state index contributed by atoms with van der Waals surface area (Å²) in [5.41, 5.74) is 3.27. The molecule has 1 aromatic heterocycles. The number of nitrogens with zero attached hydrogens (tertiary/aromatic N) is 1. The highest BCUT2D eigenvalue weighted by atomic mass is 35.5. The van der Waals surface area contributed by atoms with Crippen molar-refractivity contribution in [2.75, 3.05) is 6.54 Å². The molecule has 25 heavy (non-hydrogen) atoms. The zero-order valence-electron chi connectivity index (χ0n) is 13.4. The molecule has 0 unspecified atom stereocenters. The van der Waals surface area contributed by atoms with E-state index in [0.717, 1.165) is 28.6 Å². The second kappa shape index (κ2) is 6.07. The lowest BCUT2D eigenvalue weighted by molar-refractivity contribution is -0.132. The van der Waals surface area contributed by atoms with Crippen molar-refractivity contribution < 1.29 is 14.4 Å². The zero-order valence-corrected chi connectivity index (χ0v) is 14.2. The highest BCUT2D eigenvalue weighted by molar-refractivity contribution is 6.31. The molecule has 0 radical (unpaired) electrons. The normalized spacial score (nSPS) is 19.7. The minimum Gasteiger partial charge on any atom is -0.358 e. The molecule has 2 aromatic rings. The van der Waals surface area contributed by atoms with Gasteiger partial charge in [0.15, 0.2) is 0 Å². The van der Waals surface area contributed by atoms with Crippen molar-refractivity contribution in [3.05, 3.63) is 34.5 Å². The first-order valence-electron chi connectivity index (χ1n) is 8.19. The van der Waals surface area contributed by atoms with Gasteiger partial charge in [-0.05, 0) is 24.6 Å². The molecule has 130 valence electrons. The summed E-state index contributed by atoms with van der Waals surface area (Å²) in [5, 5.41) is 6.40. The van der Waals surface area contributed by atoms with Crippen LogP contribution in [0.1, 0.15) is 24.1 Å². The van der Waals surface area contributed by atoms with Gasteiger partial charge >= 0.3 is 6.03 Å². The van der Waals surface area contributed by atoms with E-state index < -0.39 is 12.1 Å². The number of urea groups is 1. The van der Waals surface area contributed by atoms with Crippen LogP contribution < -0.4 is 10.6 Å². The molecule has 1 fully saturated rings. The Morgan fingerprint density at radius 3 is 2.92 bits per heavy atom. The molecule has 0 aliphatic carbocycles. The Morgan fingerprint density at radius 2 is 2.16 bits per heavy atom. The fourth-order valence-electron chi connectivity index (χ4n) is 3.49. The SMILES string of the molecule is O=C1NC(=O)[C@H](CCC(=O)N2CCc3[nH]c4ccc(Cl)cc4c3C2)N1. The number of hydrogen-bond acceptors (Lipinski definition) is 3. The van der Waals surface area contributed by atoms with Crippen LogP contribution in [0.5, 0.6) is 0 Å². The minimum absolute atomic E-state index is 0.0176. The fourth-order valence-corrected chi connectivity index (χ4v) is 3.66. The van der Waals surface area contributed by atoms with Crippen LogP contribution in [0.25, 0.3) is 10.9 Å². The lowest BCUT2D eigenvalue weighted by atomic mass is 10.0. The molecule has 7 nitrogen and oxygen atoms in total. The van der Waals surface area contributed by atoms with Crippen molar-refractivity contribution in [2.24, 2.45) is 0 Å². The third kappa shape index (κ3) is 2.95. The van der Waals surface area contributed by atoms with Crippen LogP contribution in [0.2, 0.25) is 5.02 Å². The molecule has 3 heterocycles. The van der Waals surface area contributed by atoms with E-state index in [1.54, 1.807) is 4.90 Å². The molecular formula is C17H17ClN4O3. The fraction of sp³-hybridized carbons (Fsp3) is 0.353. The Morgan fingerprint density at radius 1 is 1.32 bits per heavy atom. The second-order valence-electron chi connectivity index (χ2n) is 6.39. The lowest BCUT2D eigenvalue weighted by Crippen LogP contribution is -2.37. The summed E-state index contributed by atoms with van der Waals surface area (Å²) in [5.74, 6) is -0.388. The highest BCUT2D eigenvalue weighted by Gasteiger charge is 2.31. The summed E-state index contributed by atoms with van der Waals surface area (Å²) < 4.78 is 0. The summed E-state index contributed by atoms with van der Waals surface area (Å²) >= 11 is 6.10. The lowest BCUT2D eigenvalue weighted by Gasteiger charge is -2.27. The van der Waals surface area contributed by atoms with E-state index in [9.17, 15) is 14.4 Å². The van der Waals surface area contributed by atoms with E-state index in [1.807, 2.05) is 18.2 Å². The maximum absolute atomic E-state index is 12.5. The number of rotatable bonds is 3. The number of hydrogen-bond donors (Lipinski definition) is 3. The summed E-state index contributed by atoms with van der Waals surface area (Å²) in [6.45, 7) is 1.16. The molecule has 1 saturated heterocycles. The van der Waals surface area contributed by atoms with E-state index in [-0.39, 0.29) is 18.2 Å². The number of carbonyl (C=O) groups is 3. The molecule has 0 spiro atoms. The number of benzene rings is 1. The Bertz CT molecular complexity index is 891. The smallest absolute Gasteiger partial charge is 0.322 e. The maximum Gasteiger partial charge on any atom is 0.322 e. The van der Waals surface area contributed by atoms with Gasteiger partial charge in [0.05, 0.1) is 0 Å². The molecule has 4 rings (SSSR count). The average molecular weight is 361 g/mol. The largest absolute Gasteiger partial charge is 0.358 e. The van der Waals surface area contributed by atoms with Gasteiger partial charge in [-0.3, -0.25) is 14.9 Å². The molecule has 2 aliphatic rings. The molecule has 3 N–H and O–H groups in total. The van der Waals surface area contributed by atoms with Crippen molar-refractivity contribution in [1.82, 2.24) is 20.5 Å². The Labute approximate surface area is 148 Å². The van der Waals surface area contributed by atoms with Gasteiger partial charge in [0.1, 0.15) is 6.04 Å².